The van der Waals surface area contributed by atoms with Gasteiger partial charge in [-0.25, -0.2) is 0 Å². The maximum atomic E-state index is 4.48. The molecule has 0 spiro atoms. The molecule has 1 aliphatic rings. The molecule has 0 aromatic carbocycles. The molecule has 0 amide bonds. The summed E-state index contributed by atoms with van der Waals surface area (Å²) in [6, 6.07) is 0.708. The molecule has 1 atom stereocenters. The second kappa shape index (κ2) is 4.48. The molecule has 1 saturated heterocycles. The number of rotatable bonds is 3. The summed E-state index contributed by atoms with van der Waals surface area (Å²) in [5, 5.41) is 6.73. The van der Waals surface area contributed by atoms with Gasteiger partial charge in [-0.3, -0.25) is 5.01 Å². The molecule has 0 aliphatic carbocycles. The molecule has 0 aromatic heterocycles. The Morgan fingerprint density at radius 1 is 1.58 bits per heavy atom. The van der Waals surface area contributed by atoms with Crippen molar-refractivity contribution >= 4 is 6.21 Å². The van der Waals surface area contributed by atoms with Crippen molar-refractivity contribution in [2.45, 2.75) is 46.1 Å². The molecule has 1 aliphatic heterocycles. The highest BCUT2D eigenvalue weighted by atomic mass is 15.5. The molecule has 70 valence electrons. The van der Waals surface area contributed by atoms with Crippen LogP contribution in [0.15, 0.2) is 5.10 Å². The maximum Gasteiger partial charge on any atom is 0.0468 e. The van der Waals surface area contributed by atoms with Crippen LogP contribution in [-0.2, 0) is 0 Å². The van der Waals surface area contributed by atoms with Crippen LogP contribution in [0, 0.1) is 5.92 Å². The molecule has 0 unspecified atom stereocenters. The molecular formula is C10H20N2. The molecule has 1 fully saturated rings. The van der Waals surface area contributed by atoms with Gasteiger partial charge in [-0.2, -0.15) is 5.10 Å². The Bertz CT molecular complexity index is 152. The topological polar surface area (TPSA) is 15.6 Å². The Morgan fingerprint density at radius 2 is 2.33 bits per heavy atom. The van der Waals surface area contributed by atoms with E-state index in [9.17, 15) is 0 Å². The predicted octanol–water partition coefficient (Wildman–Crippen LogP) is 2.50. The molecule has 2 nitrogen and oxygen atoms in total. The van der Waals surface area contributed by atoms with E-state index < -0.39 is 0 Å². The highest BCUT2D eigenvalue weighted by Gasteiger charge is 2.20. The zero-order chi connectivity index (χ0) is 8.97. The van der Waals surface area contributed by atoms with Gasteiger partial charge in [0, 0.05) is 18.8 Å². The average molecular weight is 168 g/mol. The van der Waals surface area contributed by atoms with E-state index in [-0.39, 0.29) is 0 Å². The Balaban J connectivity index is 2.40. The minimum Gasteiger partial charge on any atom is -0.294 e. The molecule has 0 bridgehead atoms. The molecule has 0 N–H and O–H groups in total. The second-order valence-corrected chi connectivity index (χ2v) is 3.88. The Hall–Kier alpha value is -0.530. The van der Waals surface area contributed by atoms with Gasteiger partial charge >= 0.3 is 0 Å². The molecule has 1 rings (SSSR count). The van der Waals surface area contributed by atoms with E-state index in [1.807, 2.05) is 6.21 Å². The van der Waals surface area contributed by atoms with Crippen molar-refractivity contribution in [3.8, 4) is 0 Å². The van der Waals surface area contributed by atoms with Gasteiger partial charge in [0.15, 0.2) is 0 Å². The van der Waals surface area contributed by atoms with Gasteiger partial charge in [0.05, 0.1) is 0 Å². The van der Waals surface area contributed by atoms with Crippen LogP contribution in [0.25, 0.3) is 0 Å². The smallest absolute Gasteiger partial charge is 0.0468 e. The summed E-state index contributed by atoms with van der Waals surface area (Å²) >= 11 is 0. The molecule has 0 radical (unpaired) electrons. The van der Waals surface area contributed by atoms with Gasteiger partial charge < -0.3 is 0 Å². The Kier molecular flexibility index (Phi) is 3.57. The van der Waals surface area contributed by atoms with E-state index >= 15 is 0 Å². The SMILES string of the molecule is CC[C@@H]1CCCN1/N=C/C(C)C. The summed E-state index contributed by atoms with van der Waals surface area (Å²) < 4.78 is 0. The molecule has 0 saturated carbocycles. The van der Waals surface area contributed by atoms with Gasteiger partial charge in [-0.1, -0.05) is 20.8 Å². The number of hydrogen-bond donors (Lipinski definition) is 0. The Labute approximate surface area is 75.6 Å². The monoisotopic (exact) mass is 168 g/mol. The van der Waals surface area contributed by atoms with Crippen LogP contribution in [0.3, 0.4) is 0 Å². The van der Waals surface area contributed by atoms with Gasteiger partial charge in [-0.05, 0) is 25.2 Å². The minimum atomic E-state index is 0.572. The van der Waals surface area contributed by atoms with Crippen LogP contribution in [0.1, 0.15) is 40.0 Å². The molecular weight excluding hydrogens is 148 g/mol. The van der Waals surface area contributed by atoms with Crippen LogP contribution >= 0.6 is 0 Å². The van der Waals surface area contributed by atoms with Crippen molar-refractivity contribution in [1.82, 2.24) is 5.01 Å². The highest BCUT2D eigenvalue weighted by Crippen LogP contribution is 2.19. The van der Waals surface area contributed by atoms with Crippen molar-refractivity contribution in [3.63, 3.8) is 0 Å². The number of hydrazone groups is 1. The normalized spacial score (nSPS) is 24.7. The number of nitrogens with zero attached hydrogens (tertiary/aromatic N) is 2. The lowest BCUT2D eigenvalue weighted by atomic mass is 10.2. The first-order valence-electron chi connectivity index (χ1n) is 5.04. The van der Waals surface area contributed by atoms with Crippen molar-refractivity contribution < 1.29 is 0 Å². The standard InChI is InChI=1S/C10H20N2/c1-4-10-6-5-7-12(10)11-8-9(2)3/h8-10H,4-7H2,1-3H3/b11-8+/t10-/m1/s1. The highest BCUT2D eigenvalue weighted by molar-refractivity contribution is 5.59. The summed E-state index contributed by atoms with van der Waals surface area (Å²) in [6.07, 6.45) is 5.92. The first-order chi connectivity index (χ1) is 5.74. The van der Waals surface area contributed by atoms with Gasteiger partial charge in [0.25, 0.3) is 0 Å². The molecule has 12 heavy (non-hydrogen) atoms. The van der Waals surface area contributed by atoms with Gasteiger partial charge in [-0.15, -0.1) is 0 Å². The zero-order valence-electron chi connectivity index (χ0n) is 8.45. The molecule has 2 heteroatoms. The lowest BCUT2D eigenvalue weighted by Gasteiger charge is -2.19. The van der Waals surface area contributed by atoms with E-state index in [2.05, 4.69) is 30.9 Å². The van der Waals surface area contributed by atoms with E-state index in [0.29, 0.717) is 12.0 Å². The third-order valence-corrected chi connectivity index (χ3v) is 2.33. The first-order valence-corrected chi connectivity index (χ1v) is 5.04. The summed E-state index contributed by atoms with van der Waals surface area (Å²) in [5.41, 5.74) is 0. The zero-order valence-corrected chi connectivity index (χ0v) is 8.45. The minimum absolute atomic E-state index is 0.572. The van der Waals surface area contributed by atoms with Gasteiger partial charge in [0.2, 0.25) is 0 Å². The van der Waals surface area contributed by atoms with Crippen molar-refractivity contribution in [1.29, 1.82) is 0 Å². The lowest BCUT2D eigenvalue weighted by molar-refractivity contribution is 0.261. The first kappa shape index (κ1) is 9.56. The fourth-order valence-electron chi connectivity index (χ4n) is 1.61. The van der Waals surface area contributed by atoms with Crippen molar-refractivity contribution in [2.24, 2.45) is 11.0 Å². The lowest BCUT2D eigenvalue weighted by Crippen LogP contribution is -2.23. The summed E-state index contributed by atoms with van der Waals surface area (Å²) in [5.74, 6) is 0.572. The predicted molar refractivity (Wildman–Crippen MR) is 53.3 cm³/mol. The van der Waals surface area contributed by atoms with Gasteiger partial charge in [0.1, 0.15) is 0 Å². The third-order valence-electron chi connectivity index (χ3n) is 2.33. The fraction of sp³-hybridized carbons (Fsp3) is 0.900. The van der Waals surface area contributed by atoms with Crippen LogP contribution < -0.4 is 0 Å². The second-order valence-electron chi connectivity index (χ2n) is 3.88. The fourth-order valence-corrected chi connectivity index (χ4v) is 1.61. The largest absolute Gasteiger partial charge is 0.294 e. The maximum absolute atomic E-state index is 4.48. The van der Waals surface area contributed by atoms with E-state index in [1.54, 1.807) is 0 Å². The third kappa shape index (κ3) is 2.50. The van der Waals surface area contributed by atoms with Crippen LogP contribution in [-0.4, -0.2) is 23.8 Å². The quantitative estimate of drug-likeness (QED) is 0.591. The molecule has 1 heterocycles. The average Bonchev–Trinajstić information content (AvgIpc) is 2.47. The summed E-state index contributed by atoms with van der Waals surface area (Å²) in [7, 11) is 0. The van der Waals surface area contributed by atoms with Crippen molar-refractivity contribution in [2.75, 3.05) is 6.54 Å². The van der Waals surface area contributed by atoms with Crippen LogP contribution in [0.4, 0.5) is 0 Å². The summed E-state index contributed by atoms with van der Waals surface area (Å²) in [4.78, 5) is 0. The number of hydrogen-bond acceptors (Lipinski definition) is 2. The van der Waals surface area contributed by atoms with Crippen molar-refractivity contribution in [3.05, 3.63) is 0 Å². The van der Waals surface area contributed by atoms with E-state index in [1.165, 1.54) is 19.3 Å². The van der Waals surface area contributed by atoms with E-state index in [4.69, 9.17) is 0 Å². The van der Waals surface area contributed by atoms with E-state index in [0.717, 1.165) is 6.54 Å². The summed E-state index contributed by atoms with van der Waals surface area (Å²) in [6.45, 7) is 7.73. The Morgan fingerprint density at radius 3 is 2.92 bits per heavy atom. The van der Waals surface area contributed by atoms with Crippen LogP contribution in [0.2, 0.25) is 0 Å². The molecule has 0 aromatic rings. The van der Waals surface area contributed by atoms with Crippen LogP contribution in [0.5, 0.6) is 0 Å².